The number of ether oxygens (including phenoxy) is 3. The van der Waals surface area contributed by atoms with Crippen molar-refractivity contribution in [1.29, 1.82) is 0 Å². The number of hydrogen-bond donors (Lipinski definition) is 0. The van der Waals surface area contributed by atoms with Crippen molar-refractivity contribution in [2.75, 3.05) is 13.2 Å². The Kier molecular flexibility index (Phi) is 61.1. The fourth-order valence-corrected chi connectivity index (χ4v) is 9.88. The molecule has 0 saturated heterocycles. The molecule has 0 aromatic heterocycles. The van der Waals surface area contributed by atoms with Crippen molar-refractivity contribution in [2.45, 2.75) is 367 Å². The van der Waals surface area contributed by atoms with E-state index in [9.17, 15) is 14.4 Å². The third-order valence-electron chi connectivity index (χ3n) is 14.9. The van der Waals surface area contributed by atoms with Crippen molar-refractivity contribution in [3.8, 4) is 0 Å². The fraction of sp³-hybridized carbons (Fsp3) is 0.868. The van der Waals surface area contributed by atoms with Gasteiger partial charge in [0.1, 0.15) is 13.2 Å². The predicted molar refractivity (Wildman–Crippen MR) is 321 cm³/mol. The zero-order valence-electron chi connectivity index (χ0n) is 49.9. The minimum atomic E-state index is -0.772. The summed E-state index contributed by atoms with van der Waals surface area (Å²) < 4.78 is 16.9. The van der Waals surface area contributed by atoms with Gasteiger partial charge in [0.25, 0.3) is 0 Å². The van der Waals surface area contributed by atoms with E-state index in [0.717, 1.165) is 70.6 Å². The summed E-state index contributed by atoms with van der Waals surface area (Å²) in [7, 11) is 0. The first-order chi connectivity index (χ1) is 36.5. The van der Waals surface area contributed by atoms with E-state index in [-0.39, 0.29) is 31.1 Å². The van der Waals surface area contributed by atoms with Crippen LogP contribution in [0, 0.1) is 0 Å². The molecule has 0 fully saturated rings. The lowest BCUT2D eigenvalue weighted by Crippen LogP contribution is -2.30. The molecular formula is C68H126O6. The normalized spacial score (nSPS) is 12.2. The van der Waals surface area contributed by atoms with Crippen LogP contribution in [-0.2, 0) is 28.6 Å². The average Bonchev–Trinajstić information content (AvgIpc) is 3.40. The Morgan fingerprint density at radius 3 is 0.757 bits per heavy atom. The van der Waals surface area contributed by atoms with Crippen LogP contribution < -0.4 is 0 Å². The second-order valence-corrected chi connectivity index (χ2v) is 22.4. The Morgan fingerprint density at radius 1 is 0.270 bits per heavy atom. The maximum Gasteiger partial charge on any atom is 0.306 e. The second-order valence-electron chi connectivity index (χ2n) is 22.4. The van der Waals surface area contributed by atoms with Gasteiger partial charge in [-0.2, -0.15) is 0 Å². The van der Waals surface area contributed by atoms with Crippen LogP contribution in [0.2, 0.25) is 0 Å². The zero-order chi connectivity index (χ0) is 53.6. The Hall–Kier alpha value is -2.37. The molecule has 0 saturated carbocycles. The van der Waals surface area contributed by atoms with Crippen LogP contribution in [0.1, 0.15) is 361 Å². The molecular weight excluding hydrogens is 913 g/mol. The van der Waals surface area contributed by atoms with E-state index in [4.69, 9.17) is 14.2 Å². The van der Waals surface area contributed by atoms with Crippen molar-refractivity contribution in [3.63, 3.8) is 0 Å². The van der Waals surface area contributed by atoms with Crippen LogP contribution in [0.3, 0.4) is 0 Å². The van der Waals surface area contributed by atoms with Crippen molar-refractivity contribution in [1.82, 2.24) is 0 Å². The summed E-state index contributed by atoms with van der Waals surface area (Å²) in [5.74, 6) is -0.858. The molecule has 0 rings (SSSR count). The number of carbonyl (C=O) groups is 3. The first-order valence-electron chi connectivity index (χ1n) is 33.0. The SMILES string of the molecule is CCCCCCC/C=C\C/C=C\CCCCCCCCCCCCCCCCCCCCCC(=O)OCC(COC(=O)CCCCCCCCCCCC)OC(=O)CCCCCCC/C=C\CCCCCCCC. The maximum atomic E-state index is 12.9. The van der Waals surface area contributed by atoms with Gasteiger partial charge in [-0.3, -0.25) is 14.4 Å². The predicted octanol–water partition coefficient (Wildman–Crippen LogP) is 22.4. The third kappa shape index (κ3) is 60.5. The van der Waals surface area contributed by atoms with Gasteiger partial charge in [-0.15, -0.1) is 0 Å². The van der Waals surface area contributed by atoms with Gasteiger partial charge in [-0.1, -0.05) is 301 Å². The molecule has 0 radical (unpaired) electrons. The molecule has 0 heterocycles. The molecule has 434 valence electrons. The minimum absolute atomic E-state index is 0.0701. The van der Waals surface area contributed by atoms with Crippen molar-refractivity contribution < 1.29 is 28.6 Å². The van der Waals surface area contributed by atoms with E-state index in [1.54, 1.807) is 0 Å². The molecule has 6 heteroatoms. The minimum Gasteiger partial charge on any atom is -0.462 e. The van der Waals surface area contributed by atoms with E-state index >= 15 is 0 Å². The van der Waals surface area contributed by atoms with E-state index in [1.165, 1.54) is 250 Å². The molecule has 0 spiro atoms. The molecule has 0 aliphatic carbocycles. The monoisotopic (exact) mass is 1040 g/mol. The lowest BCUT2D eigenvalue weighted by molar-refractivity contribution is -0.167. The number of carbonyl (C=O) groups excluding carboxylic acids is 3. The van der Waals surface area contributed by atoms with Gasteiger partial charge in [0.05, 0.1) is 0 Å². The Balaban J connectivity index is 4.07. The van der Waals surface area contributed by atoms with Crippen molar-refractivity contribution in [3.05, 3.63) is 36.5 Å². The van der Waals surface area contributed by atoms with Crippen molar-refractivity contribution >= 4 is 17.9 Å². The van der Waals surface area contributed by atoms with E-state index < -0.39 is 6.10 Å². The largest absolute Gasteiger partial charge is 0.462 e. The van der Waals surface area contributed by atoms with E-state index in [1.807, 2.05) is 0 Å². The Morgan fingerprint density at radius 2 is 0.486 bits per heavy atom. The molecule has 0 aromatic carbocycles. The van der Waals surface area contributed by atoms with Gasteiger partial charge in [0.2, 0.25) is 0 Å². The highest BCUT2D eigenvalue weighted by Crippen LogP contribution is 2.18. The number of allylic oxidation sites excluding steroid dienone is 6. The highest BCUT2D eigenvalue weighted by Gasteiger charge is 2.19. The zero-order valence-corrected chi connectivity index (χ0v) is 49.9. The van der Waals surface area contributed by atoms with Gasteiger partial charge in [-0.05, 0) is 77.0 Å². The summed E-state index contributed by atoms with van der Waals surface area (Å²) in [4.78, 5) is 38.2. The van der Waals surface area contributed by atoms with Crippen LogP contribution >= 0.6 is 0 Å². The molecule has 0 amide bonds. The maximum absolute atomic E-state index is 12.9. The number of esters is 3. The lowest BCUT2D eigenvalue weighted by atomic mass is 10.0. The number of unbranched alkanes of at least 4 members (excludes halogenated alkanes) is 44. The average molecular weight is 1040 g/mol. The van der Waals surface area contributed by atoms with Crippen molar-refractivity contribution in [2.24, 2.45) is 0 Å². The Labute approximate surface area is 461 Å². The van der Waals surface area contributed by atoms with Gasteiger partial charge in [-0.25, -0.2) is 0 Å². The van der Waals surface area contributed by atoms with E-state index in [0.29, 0.717) is 19.3 Å². The highest BCUT2D eigenvalue weighted by molar-refractivity contribution is 5.71. The summed E-state index contributed by atoms with van der Waals surface area (Å²) in [6.07, 6.45) is 77.5. The summed E-state index contributed by atoms with van der Waals surface area (Å²) in [6.45, 7) is 6.66. The van der Waals surface area contributed by atoms with Crippen LogP contribution in [0.15, 0.2) is 36.5 Å². The van der Waals surface area contributed by atoms with Gasteiger partial charge in [0, 0.05) is 19.3 Å². The third-order valence-corrected chi connectivity index (χ3v) is 14.9. The second kappa shape index (κ2) is 63.2. The number of rotatable bonds is 61. The molecule has 1 unspecified atom stereocenters. The van der Waals surface area contributed by atoms with Crippen LogP contribution in [-0.4, -0.2) is 37.2 Å². The molecule has 0 bridgehead atoms. The highest BCUT2D eigenvalue weighted by atomic mass is 16.6. The smallest absolute Gasteiger partial charge is 0.306 e. The molecule has 0 aliphatic rings. The first-order valence-corrected chi connectivity index (χ1v) is 33.0. The fourth-order valence-electron chi connectivity index (χ4n) is 9.88. The lowest BCUT2D eigenvalue weighted by Gasteiger charge is -2.18. The molecule has 1 atom stereocenters. The number of hydrogen-bond acceptors (Lipinski definition) is 6. The Bertz CT molecular complexity index is 1240. The quantitative estimate of drug-likeness (QED) is 0.0261. The van der Waals surface area contributed by atoms with Crippen LogP contribution in [0.25, 0.3) is 0 Å². The molecule has 6 nitrogen and oxygen atoms in total. The van der Waals surface area contributed by atoms with Gasteiger partial charge < -0.3 is 14.2 Å². The molecule has 0 aromatic rings. The summed E-state index contributed by atoms with van der Waals surface area (Å²) in [6, 6.07) is 0. The first kappa shape index (κ1) is 71.6. The van der Waals surface area contributed by atoms with Crippen LogP contribution in [0.5, 0.6) is 0 Å². The van der Waals surface area contributed by atoms with Crippen LogP contribution in [0.4, 0.5) is 0 Å². The molecule has 74 heavy (non-hydrogen) atoms. The topological polar surface area (TPSA) is 78.9 Å². The standard InChI is InChI=1S/C68H126O6/c1-4-7-10-13-16-19-22-24-26-27-28-29-30-31-32-33-34-35-36-37-38-39-40-41-43-44-46-49-52-55-58-61-67(70)73-64-65(63-72-66(69)60-57-54-51-48-21-18-15-12-9-6-3)74-68(71)62-59-56-53-50-47-45-42-25-23-20-17-14-11-8-5-2/h22,24-25,27-28,42,65H,4-21,23,26,29-41,43-64H2,1-3H3/b24-22-,28-27-,42-25-. The van der Waals surface area contributed by atoms with E-state index in [2.05, 4.69) is 57.2 Å². The van der Waals surface area contributed by atoms with Gasteiger partial charge >= 0.3 is 17.9 Å². The summed E-state index contributed by atoms with van der Waals surface area (Å²) in [5, 5.41) is 0. The molecule has 0 aliphatic heterocycles. The summed E-state index contributed by atoms with van der Waals surface area (Å²) in [5.41, 5.74) is 0. The molecule has 0 N–H and O–H groups in total. The van der Waals surface area contributed by atoms with Gasteiger partial charge in [0.15, 0.2) is 6.10 Å². The summed E-state index contributed by atoms with van der Waals surface area (Å²) >= 11 is 0.